The summed E-state index contributed by atoms with van der Waals surface area (Å²) in [4.78, 5) is 20.5. The van der Waals surface area contributed by atoms with Crippen LogP contribution < -0.4 is 34.5 Å². The summed E-state index contributed by atoms with van der Waals surface area (Å²) in [7, 11) is -2.52. The maximum absolute atomic E-state index is 10.4. The summed E-state index contributed by atoms with van der Waals surface area (Å²) in [5.74, 6) is 0.180. The van der Waals surface area contributed by atoms with Crippen LogP contribution in [0.3, 0.4) is 0 Å². The minimum absolute atomic E-state index is 0. The Bertz CT molecular complexity index is 134. The Morgan fingerprint density at radius 1 is 1.33 bits per heavy atom. The first kappa shape index (κ1) is 15.3. The fourth-order valence-corrected chi connectivity index (χ4v) is 1.36. The summed E-state index contributed by atoms with van der Waals surface area (Å²) in [6, 6.07) is 0. The van der Waals surface area contributed by atoms with Crippen LogP contribution in [0.2, 0.25) is 0 Å². The predicted octanol–water partition coefficient (Wildman–Crippen LogP) is -2.03. The Balaban J connectivity index is 0. The summed E-state index contributed by atoms with van der Waals surface area (Å²) in [6.07, 6.45) is 3.25. The maximum atomic E-state index is 10.4. The molecule has 12 heavy (non-hydrogen) atoms. The zero-order chi connectivity index (χ0) is 8.69. The van der Waals surface area contributed by atoms with Gasteiger partial charge in [-0.15, -0.1) is 0 Å². The van der Waals surface area contributed by atoms with Crippen molar-refractivity contribution < 1.29 is 43.8 Å². The molecule has 1 unspecified atom stereocenters. The summed E-state index contributed by atoms with van der Waals surface area (Å²) in [6.45, 7) is 1.55. The molecule has 1 atom stereocenters. The molecule has 0 aromatic heterocycles. The van der Waals surface area contributed by atoms with E-state index in [4.69, 9.17) is 0 Å². The summed E-state index contributed by atoms with van der Waals surface area (Å²) in [5, 5.41) is 0. The number of hydrogen-bond donors (Lipinski definition) is 0. The molecule has 0 fully saturated rings. The van der Waals surface area contributed by atoms with Gasteiger partial charge in [-0.05, 0) is 25.9 Å². The van der Waals surface area contributed by atoms with E-state index in [9.17, 15) is 14.3 Å². The van der Waals surface area contributed by atoms with Crippen LogP contribution in [0.15, 0.2) is 0 Å². The molecule has 0 radical (unpaired) electrons. The summed E-state index contributed by atoms with van der Waals surface area (Å²) in [5.41, 5.74) is 0. The number of ketones is 1. The number of unbranched alkanes of at least 4 members (excludes halogenated alkanes) is 2. The van der Waals surface area contributed by atoms with Gasteiger partial charge in [0, 0.05) is 14.4 Å². The van der Waals surface area contributed by atoms with Crippen molar-refractivity contribution in [3.05, 3.63) is 0 Å². The van der Waals surface area contributed by atoms with Crippen molar-refractivity contribution in [2.75, 3.05) is 6.16 Å². The number of hydrogen-bond acceptors (Lipinski definition) is 3. The van der Waals surface area contributed by atoms with Crippen LogP contribution in [0.25, 0.3) is 0 Å². The predicted molar refractivity (Wildman–Crippen MR) is 43.0 cm³/mol. The molecule has 0 saturated carbocycles. The van der Waals surface area contributed by atoms with Gasteiger partial charge in [-0.3, -0.25) is 0 Å². The average Bonchev–Trinajstić information content (AvgIpc) is 1.85. The first-order valence-corrected chi connectivity index (χ1v) is 5.34. The Morgan fingerprint density at radius 2 is 1.92 bits per heavy atom. The van der Waals surface area contributed by atoms with Crippen molar-refractivity contribution in [1.29, 1.82) is 0 Å². The van der Waals surface area contributed by atoms with Gasteiger partial charge in [0.2, 0.25) is 0 Å². The van der Waals surface area contributed by atoms with Crippen molar-refractivity contribution >= 4 is 13.8 Å². The molecule has 5 heteroatoms. The smallest absolute Gasteiger partial charge is 0.802 e. The fraction of sp³-hybridized carbons (Fsp3) is 0.857. The van der Waals surface area contributed by atoms with E-state index in [-0.39, 0.29) is 35.3 Å². The molecule has 0 aromatic carbocycles. The van der Waals surface area contributed by atoms with Gasteiger partial charge in [-0.1, -0.05) is 6.42 Å². The second-order valence-corrected chi connectivity index (χ2v) is 3.88. The third-order valence-electron chi connectivity index (χ3n) is 1.41. The van der Waals surface area contributed by atoms with E-state index >= 15 is 0 Å². The molecule has 0 heterocycles. The molecule has 0 amide bonds. The van der Waals surface area contributed by atoms with E-state index < -0.39 is 8.03 Å². The number of carbonyl (C=O) groups is 1. The average molecular weight is 200 g/mol. The van der Waals surface area contributed by atoms with Crippen LogP contribution in [0, 0.1) is 0 Å². The third kappa shape index (κ3) is 13.4. The first-order valence-electron chi connectivity index (χ1n) is 3.82. The van der Waals surface area contributed by atoms with E-state index in [0.717, 1.165) is 12.8 Å². The molecule has 0 aliphatic heterocycles. The molecule has 0 aromatic rings. The molecule has 0 rings (SSSR count). The van der Waals surface area contributed by atoms with Crippen molar-refractivity contribution in [2.45, 2.75) is 32.6 Å². The zero-order valence-corrected chi connectivity index (χ0v) is 10.8. The van der Waals surface area contributed by atoms with E-state index in [0.29, 0.717) is 19.0 Å². The number of Topliss-reactive ketones (excluding diaryl/α,β-unsaturated/α-hetero) is 1. The van der Waals surface area contributed by atoms with Gasteiger partial charge >= 0.3 is 29.6 Å². The van der Waals surface area contributed by atoms with E-state index in [1.54, 1.807) is 6.92 Å². The molecule has 3 nitrogen and oxygen atoms in total. The normalized spacial score (nSPS) is 11.8. The topological polar surface area (TPSA) is 57.2 Å². The quantitative estimate of drug-likeness (QED) is 0.282. The Morgan fingerprint density at radius 3 is 2.33 bits per heavy atom. The molecule has 0 N–H and O–H groups in total. The fourth-order valence-electron chi connectivity index (χ4n) is 0.820. The van der Waals surface area contributed by atoms with Gasteiger partial charge in [-0.2, -0.15) is 0 Å². The standard InChI is InChI=1S/C7H15O3P.Na/c1-7(8)5-3-2-4-6-11(9)10;/h11H,2-6H2,1H3,(H,9,10);/q;+1/p-1. The van der Waals surface area contributed by atoms with Crippen LogP contribution in [0.1, 0.15) is 32.6 Å². The van der Waals surface area contributed by atoms with Crippen molar-refractivity contribution in [1.82, 2.24) is 0 Å². The van der Waals surface area contributed by atoms with Crippen LogP contribution in [0.4, 0.5) is 0 Å². The van der Waals surface area contributed by atoms with E-state index in [1.165, 1.54) is 0 Å². The number of rotatable bonds is 6. The van der Waals surface area contributed by atoms with Gasteiger partial charge in [0.05, 0.1) is 0 Å². The molecule has 0 saturated heterocycles. The zero-order valence-electron chi connectivity index (χ0n) is 7.76. The second kappa shape index (κ2) is 9.94. The first-order chi connectivity index (χ1) is 5.13. The molecule has 0 aliphatic rings. The molecular weight excluding hydrogens is 186 g/mol. The van der Waals surface area contributed by atoms with Crippen molar-refractivity contribution in [2.24, 2.45) is 0 Å². The molecule has 0 spiro atoms. The third-order valence-corrected chi connectivity index (χ3v) is 2.17. The van der Waals surface area contributed by atoms with Crippen molar-refractivity contribution in [3.63, 3.8) is 0 Å². The minimum Gasteiger partial charge on any atom is -0.802 e. The van der Waals surface area contributed by atoms with Crippen molar-refractivity contribution in [3.8, 4) is 0 Å². The molecule has 66 valence electrons. The molecule has 0 bridgehead atoms. The van der Waals surface area contributed by atoms with Gasteiger partial charge in [-0.25, -0.2) is 0 Å². The minimum atomic E-state index is -2.52. The van der Waals surface area contributed by atoms with Crippen LogP contribution in [-0.4, -0.2) is 11.9 Å². The van der Waals surface area contributed by atoms with Crippen LogP contribution in [-0.2, 0) is 9.36 Å². The Hall–Kier alpha value is 0.860. The monoisotopic (exact) mass is 200 g/mol. The largest absolute Gasteiger partial charge is 1.00 e. The van der Waals surface area contributed by atoms with Gasteiger partial charge in [0.25, 0.3) is 0 Å². The number of carbonyl (C=O) groups excluding carboxylic acids is 1. The summed E-state index contributed by atoms with van der Waals surface area (Å²) < 4.78 is 10.1. The summed E-state index contributed by atoms with van der Waals surface area (Å²) >= 11 is 0. The van der Waals surface area contributed by atoms with Crippen LogP contribution >= 0.6 is 8.03 Å². The van der Waals surface area contributed by atoms with E-state index in [1.807, 2.05) is 0 Å². The SMILES string of the molecule is CC(=O)CCCCC[PH](=O)[O-].[Na+]. The maximum Gasteiger partial charge on any atom is 1.00 e. The van der Waals surface area contributed by atoms with Gasteiger partial charge < -0.3 is 14.3 Å². The second-order valence-electron chi connectivity index (χ2n) is 2.63. The molecular formula is C7H14NaO3P. The Labute approximate surface area is 96.1 Å². The Kier molecular flexibility index (Phi) is 12.7. The van der Waals surface area contributed by atoms with Crippen LogP contribution in [0.5, 0.6) is 0 Å². The van der Waals surface area contributed by atoms with Gasteiger partial charge in [0.1, 0.15) is 5.78 Å². The van der Waals surface area contributed by atoms with E-state index in [2.05, 4.69) is 0 Å². The van der Waals surface area contributed by atoms with Gasteiger partial charge in [0.15, 0.2) is 0 Å². The molecule has 0 aliphatic carbocycles.